The van der Waals surface area contributed by atoms with Gasteiger partial charge in [-0.05, 0) is 24.5 Å². The van der Waals surface area contributed by atoms with Gasteiger partial charge in [-0.3, -0.25) is 14.9 Å². The molecule has 0 heterocycles. The number of rotatable bonds is 5. The SMILES string of the molecule is CC(C)CCNC(=O)c1cccc(Cl)c1[N+](=O)[O-]. The maximum Gasteiger partial charge on any atom is 0.300 e. The van der Waals surface area contributed by atoms with Crippen molar-refractivity contribution < 1.29 is 9.72 Å². The summed E-state index contributed by atoms with van der Waals surface area (Å²) in [5.41, 5.74) is -0.350. The zero-order valence-electron chi connectivity index (χ0n) is 10.3. The lowest BCUT2D eigenvalue weighted by Gasteiger charge is -2.08. The minimum absolute atomic E-state index is 0.00347. The highest BCUT2D eigenvalue weighted by atomic mass is 35.5. The predicted molar refractivity (Wildman–Crippen MR) is 69.9 cm³/mol. The molecule has 0 radical (unpaired) electrons. The molecule has 98 valence electrons. The number of carbonyl (C=O) groups excluding carboxylic acids is 1. The van der Waals surface area contributed by atoms with Crippen LogP contribution in [0.3, 0.4) is 0 Å². The monoisotopic (exact) mass is 270 g/mol. The van der Waals surface area contributed by atoms with Crippen molar-refractivity contribution in [3.8, 4) is 0 Å². The van der Waals surface area contributed by atoms with Gasteiger partial charge in [0.05, 0.1) is 4.92 Å². The molecule has 0 fully saturated rings. The van der Waals surface area contributed by atoms with Crippen LogP contribution in [-0.4, -0.2) is 17.4 Å². The second-order valence-corrected chi connectivity index (χ2v) is 4.74. The van der Waals surface area contributed by atoms with Gasteiger partial charge in [-0.1, -0.05) is 31.5 Å². The first-order chi connectivity index (χ1) is 8.43. The Morgan fingerprint density at radius 3 is 2.72 bits per heavy atom. The van der Waals surface area contributed by atoms with Gasteiger partial charge >= 0.3 is 5.69 Å². The van der Waals surface area contributed by atoms with Crippen molar-refractivity contribution in [3.63, 3.8) is 0 Å². The van der Waals surface area contributed by atoms with Crippen LogP contribution < -0.4 is 5.32 Å². The smallest absolute Gasteiger partial charge is 0.300 e. The van der Waals surface area contributed by atoms with Gasteiger partial charge in [-0.2, -0.15) is 0 Å². The van der Waals surface area contributed by atoms with Crippen LogP contribution in [0.15, 0.2) is 18.2 Å². The number of para-hydroxylation sites is 1. The summed E-state index contributed by atoms with van der Waals surface area (Å²) in [6, 6.07) is 4.31. The lowest BCUT2D eigenvalue weighted by molar-refractivity contribution is -0.385. The molecule has 1 aromatic rings. The molecule has 0 saturated heterocycles. The Balaban J connectivity index is 2.86. The summed E-state index contributed by atoms with van der Waals surface area (Å²) in [4.78, 5) is 22.1. The minimum atomic E-state index is -0.639. The summed E-state index contributed by atoms with van der Waals surface area (Å²) in [6.45, 7) is 4.56. The second-order valence-electron chi connectivity index (χ2n) is 4.33. The first-order valence-electron chi connectivity index (χ1n) is 5.64. The van der Waals surface area contributed by atoms with Crippen LogP contribution in [0, 0.1) is 16.0 Å². The normalized spacial score (nSPS) is 10.4. The van der Waals surface area contributed by atoms with E-state index in [1.807, 2.05) is 13.8 Å². The van der Waals surface area contributed by atoms with E-state index in [1.165, 1.54) is 18.2 Å². The third kappa shape index (κ3) is 3.70. The van der Waals surface area contributed by atoms with Crippen LogP contribution in [0.25, 0.3) is 0 Å². The lowest BCUT2D eigenvalue weighted by Crippen LogP contribution is -2.26. The molecule has 18 heavy (non-hydrogen) atoms. The van der Waals surface area contributed by atoms with Crippen molar-refractivity contribution in [1.82, 2.24) is 5.32 Å². The van der Waals surface area contributed by atoms with Gasteiger partial charge in [0, 0.05) is 6.54 Å². The molecule has 1 rings (SSSR count). The number of nitrogens with zero attached hydrogens (tertiary/aromatic N) is 1. The number of nitro benzene ring substituents is 1. The number of nitro groups is 1. The van der Waals surface area contributed by atoms with E-state index in [4.69, 9.17) is 11.6 Å². The first kappa shape index (κ1) is 14.4. The topological polar surface area (TPSA) is 72.2 Å². The van der Waals surface area contributed by atoms with Crippen molar-refractivity contribution in [2.45, 2.75) is 20.3 Å². The molecule has 0 aliphatic carbocycles. The fourth-order valence-corrected chi connectivity index (χ4v) is 1.70. The molecule has 0 atom stereocenters. The molecule has 0 bridgehead atoms. The summed E-state index contributed by atoms with van der Waals surface area (Å²) in [5.74, 6) is -0.00972. The van der Waals surface area contributed by atoms with Gasteiger partial charge in [0.2, 0.25) is 0 Å². The van der Waals surface area contributed by atoms with Gasteiger partial charge in [-0.25, -0.2) is 0 Å². The molecule has 0 aliphatic rings. The molecule has 1 amide bonds. The van der Waals surface area contributed by atoms with Crippen LogP contribution in [0.4, 0.5) is 5.69 Å². The number of halogens is 1. The van der Waals surface area contributed by atoms with E-state index in [0.717, 1.165) is 6.42 Å². The van der Waals surface area contributed by atoms with Gasteiger partial charge in [0.15, 0.2) is 0 Å². The highest BCUT2D eigenvalue weighted by Gasteiger charge is 2.23. The van der Waals surface area contributed by atoms with Crippen molar-refractivity contribution in [1.29, 1.82) is 0 Å². The number of hydrogen-bond acceptors (Lipinski definition) is 3. The Hall–Kier alpha value is -1.62. The number of carbonyl (C=O) groups is 1. The van der Waals surface area contributed by atoms with Crippen LogP contribution in [-0.2, 0) is 0 Å². The summed E-state index contributed by atoms with van der Waals surface area (Å²) < 4.78 is 0. The van der Waals surface area contributed by atoms with Crippen molar-refractivity contribution >= 4 is 23.2 Å². The average Bonchev–Trinajstić information content (AvgIpc) is 2.27. The number of hydrogen-bond donors (Lipinski definition) is 1. The molecule has 1 aromatic carbocycles. The molecule has 0 aromatic heterocycles. The van der Waals surface area contributed by atoms with E-state index in [9.17, 15) is 14.9 Å². The van der Waals surface area contributed by atoms with E-state index >= 15 is 0 Å². The van der Waals surface area contributed by atoms with Gasteiger partial charge in [0.25, 0.3) is 5.91 Å². The molecule has 6 heteroatoms. The van der Waals surface area contributed by atoms with E-state index in [-0.39, 0.29) is 16.3 Å². The predicted octanol–water partition coefficient (Wildman–Crippen LogP) is 3.02. The summed E-state index contributed by atoms with van der Waals surface area (Å²) >= 11 is 5.73. The van der Waals surface area contributed by atoms with Crippen LogP contribution in [0.5, 0.6) is 0 Å². The average molecular weight is 271 g/mol. The highest BCUT2D eigenvalue weighted by molar-refractivity contribution is 6.33. The number of nitrogens with one attached hydrogen (secondary N) is 1. The van der Waals surface area contributed by atoms with Crippen LogP contribution in [0.1, 0.15) is 30.6 Å². The Labute approximate surface area is 110 Å². The summed E-state index contributed by atoms with van der Waals surface area (Å²) in [7, 11) is 0. The Kier molecular flexibility index (Phi) is 5.09. The maximum absolute atomic E-state index is 11.8. The van der Waals surface area contributed by atoms with Crippen molar-refractivity contribution in [3.05, 3.63) is 38.9 Å². The molecule has 5 nitrogen and oxygen atoms in total. The molecule has 0 spiro atoms. The van der Waals surface area contributed by atoms with Crippen molar-refractivity contribution in [2.24, 2.45) is 5.92 Å². The Morgan fingerprint density at radius 1 is 1.50 bits per heavy atom. The third-order valence-corrected chi connectivity index (χ3v) is 2.73. The summed E-state index contributed by atoms with van der Waals surface area (Å²) in [6.07, 6.45) is 0.820. The largest absolute Gasteiger partial charge is 0.352 e. The van der Waals surface area contributed by atoms with E-state index in [2.05, 4.69) is 5.32 Å². The minimum Gasteiger partial charge on any atom is -0.352 e. The fraction of sp³-hybridized carbons (Fsp3) is 0.417. The van der Waals surface area contributed by atoms with Gasteiger partial charge < -0.3 is 5.32 Å². The molecular weight excluding hydrogens is 256 g/mol. The zero-order chi connectivity index (χ0) is 13.7. The summed E-state index contributed by atoms with van der Waals surface area (Å²) in [5, 5.41) is 13.5. The number of benzene rings is 1. The van der Waals surface area contributed by atoms with Gasteiger partial charge in [0.1, 0.15) is 10.6 Å². The van der Waals surface area contributed by atoms with E-state index < -0.39 is 10.8 Å². The highest BCUT2D eigenvalue weighted by Crippen LogP contribution is 2.27. The standard InChI is InChI=1S/C12H15ClN2O3/c1-8(2)6-7-14-12(16)9-4-3-5-10(13)11(9)15(17)18/h3-5,8H,6-7H2,1-2H3,(H,14,16). The molecule has 1 N–H and O–H groups in total. The Bertz CT molecular complexity index is 461. The molecule has 0 aliphatic heterocycles. The zero-order valence-corrected chi connectivity index (χ0v) is 11.0. The molecule has 0 unspecified atom stereocenters. The van der Waals surface area contributed by atoms with Crippen LogP contribution in [0.2, 0.25) is 5.02 Å². The maximum atomic E-state index is 11.8. The van der Waals surface area contributed by atoms with E-state index in [0.29, 0.717) is 12.5 Å². The van der Waals surface area contributed by atoms with Crippen LogP contribution >= 0.6 is 11.6 Å². The lowest BCUT2D eigenvalue weighted by atomic mass is 10.1. The first-order valence-corrected chi connectivity index (χ1v) is 6.02. The second kappa shape index (κ2) is 6.35. The van der Waals surface area contributed by atoms with Crippen molar-refractivity contribution in [2.75, 3.05) is 6.54 Å². The van der Waals surface area contributed by atoms with Gasteiger partial charge in [-0.15, -0.1) is 0 Å². The molecular formula is C12H15ClN2O3. The number of amides is 1. The Morgan fingerprint density at radius 2 is 2.17 bits per heavy atom. The molecule has 0 saturated carbocycles. The third-order valence-electron chi connectivity index (χ3n) is 2.42. The quantitative estimate of drug-likeness (QED) is 0.660. The van der Waals surface area contributed by atoms with E-state index in [1.54, 1.807) is 0 Å². The fourth-order valence-electron chi connectivity index (χ4n) is 1.45.